The van der Waals surface area contributed by atoms with Gasteiger partial charge in [-0.15, -0.1) is 0 Å². The third-order valence-corrected chi connectivity index (χ3v) is 6.86. The van der Waals surface area contributed by atoms with E-state index < -0.39 is 15.9 Å². The number of carbonyl (C=O) groups is 1. The average molecular weight is 368 g/mol. The molecular weight excluding hydrogens is 338 g/mol. The summed E-state index contributed by atoms with van der Waals surface area (Å²) >= 11 is 0. The van der Waals surface area contributed by atoms with Gasteiger partial charge in [0, 0.05) is 12.3 Å². The van der Waals surface area contributed by atoms with Crippen molar-refractivity contribution in [3.63, 3.8) is 0 Å². The van der Waals surface area contributed by atoms with Crippen molar-refractivity contribution in [3.8, 4) is 0 Å². The Morgan fingerprint density at radius 2 is 1.92 bits per heavy atom. The SMILES string of the molecule is CC(C)CCOC(C)C(=O)Nc1cccc(S(=O)(=O)C2CCCC2)c1. The smallest absolute Gasteiger partial charge is 0.253 e. The lowest BCUT2D eigenvalue weighted by Gasteiger charge is -2.15. The Balaban J connectivity index is 2.00. The molecule has 0 aromatic heterocycles. The van der Waals surface area contributed by atoms with Gasteiger partial charge in [0.2, 0.25) is 0 Å². The first-order valence-corrected chi connectivity index (χ1v) is 10.6. The predicted octanol–water partition coefficient (Wildman–Crippen LogP) is 3.79. The highest BCUT2D eigenvalue weighted by Crippen LogP contribution is 2.30. The van der Waals surface area contributed by atoms with Crippen LogP contribution in [0.3, 0.4) is 0 Å². The van der Waals surface area contributed by atoms with Crippen LogP contribution in [0.2, 0.25) is 0 Å². The molecule has 6 heteroatoms. The van der Waals surface area contributed by atoms with Gasteiger partial charge in [-0.05, 0) is 50.3 Å². The number of ether oxygens (including phenoxy) is 1. The first kappa shape index (κ1) is 19.9. The van der Waals surface area contributed by atoms with Gasteiger partial charge in [-0.25, -0.2) is 8.42 Å². The second kappa shape index (κ2) is 8.81. The highest BCUT2D eigenvalue weighted by molar-refractivity contribution is 7.92. The molecule has 25 heavy (non-hydrogen) atoms. The van der Waals surface area contributed by atoms with Gasteiger partial charge in [0.15, 0.2) is 9.84 Å². The van der Waals surface area contributed by atoms with E-state index in [1.165, 1.54) is 0 Å². The molecule has 1 aromatic carbocycles. The third-order valence-electron chi connectivity index (χ3n) is 4.60. The lowest BCUT2D eigenvalue weighted by atomic mass is 10.1. The number of carbonyl (C=O) groups excluding carboxylic acids is 1. The van der Waals surface area contributed by atoms with Crippen LogP contribution in [-0.4, -0.2) is 32.3 Å². The fraction of sp³-hybridized carbons (Fsp3) is 0.632. The average Bonchev–Trinajstić information content (AvgIpc) is 3.10. The minimum Gasteiger partial charge on any atom is -0.369 e. The highest BCUT2D eigenvalue weighted by Gasteiger charge is 2.30. The number of amides is 1. The molecule has 0 heterocycles. The van der Waals surface area contributed by atoms with Gasteiger partial charge in [0.25, 0.3) is 5.91 Å². The summed E-state index contributed by atoms with van der Waals surface area (Å²) in [6, 6.07) is 6.52. The van der Waals surface area contributed by atoms with E-state index in [4.69, 9.17) is 4.74 Å². The van der Waals surface area contributed by atoms with E-state index in [1.54, 1.807) is 31.2 Å². The van der Waals surface area contributed by atoms with E-state index in [-0.39, 0.29) is 16.1 Å². The quantitative estimate of drug-likeness (QED) is 0.759. The van der Waals surface area contributed by atoms with Crippen molar-refractivity contribution in [2.75, 3.05) is 11.9 Å². The maximum Gasteiger partial charge on any atom is 0.253 e. The number of nitrogens with one attached hydrogen (secondary N) is 1. The van der Waals surface area contributed by atoms with E-state index in [9.17, 15) is 13.2 Å². The zero-order chi connectivity index (χ0) is 18.4. The summed E-state index contributed by atoms with van der Waals surface area (Å²) in [6.07, 6.45) is 3.69. The van der Waals surface area contributed by atoms with Gasteiger partial charge < -0.3 is 10.1 Å². The van der Waals surface area contributed by atoms with Crippen LogP contribution in [0.5, 0.6) is 0 Å². The third kappa shape index (κ3) is 5.54. The van der Waals surface area contributed by atoms with Crippen molar-refractivity contribution < 1.29 is 17.9 Å². The minimum atomic E-state index is -3.32. The molecule has 1 fully saturated rings. The Morgan fingerprint density at radius 1 is 1.24 bits per heavy atom. The highest BCUT2D eigenvalue weighted by atomic mass is 32.2. The second-order valence-electron chi connectivity index (χ2n) is 7.16. The largest absolute Gasteiger partial charge is 0.369 e. The van der Waals surface area contributed by atoms with Crippen LogP contribution in [-0.2, 0) is 19.4 Å². The van der Waals surface area contributed by atoms with Crippen LogP contribution in [0.25, 0.3) is 0 Å². The van der Waals surface area contributed by atoms with Gasteiger partial charge in [0.05, 0.1) is 10.1 Å². The van der Waals surface area contributed by atoms with Crippen LogP contribution in [0, 0.1) is 5.92 Å². The predicted molar refractivity (Wildman–Crippen MR) is 99.4 cm³/mol. The summed E-state index contributed by atoms with van der Waals surface area (Å²) in [4.78, 5) is 12.5. The van der Waals surface area contributed by atoms with Gasteiger partial charge in [-0.3, -0.25) is 4.79 Å². The molecule has 1 N–H and O–H groups in total. The molecule has 2 rings (SSSR count). The monoisotopic (exact) mass is 367 g/mol. The molecule has 1 aromatic rings. The number of anilines is 1. The molecular formula is C19H29NO4S. The Kier molecular flexibility index (Phi) is 7.02. The van der Waals surface area contributed by atoms with Gasteiger partial charge >= 0.3 is 0 Å². The zero-order valence-electron chi connectivity index (χ0n) is 15.3. The van der Waals surface area contributed by atoms with Crippen LogP contribution >= 0.6 is 0 Å². The number of benzene rings is 1. The zero-order valence-corrected chi connectivity index (χ0v) is 16.1. The molecule has 1 aliphatic carbocycles. The van der Waals surface area contributed by atoms with E-state index in [1.807, 2.05) is 0 Å². The van der Waals surface area contributed by atoms with Gasteiger partial charge in [-0.1, -0.05) is 32.8 Å². The molecule has 1 unspecified atom stereocenters. The number of rotatable bonds is 8. The van der Waals surface area contributed by atoms with Crippen molar-refractivity contribution in [1.29, 1.82) is 0 Å². The summed E-state index contributed by atoms with van der Waals surface area (Å²) < 4.78 is 30.9. The van der Waals surface area contributed by atoms with Crippen molar-refractivity contribution in [2.45, 2.75) is 69.1 Å². The standard InChI is InChI=1S/C19H29NO4S/c1-14(2)11-12-24-15(3)19(21)20-16-7-6-10-18(13-16)25(22,23)17-8-4-5-9-17/h6-7,10,13-15,17H,4-5,8-9,11-12H2,1-3H3,(H,20,21). The van der Waals surface area contributed by atoms with Crippen LogP contribution in [0.1, 0.15) is 52.9 Å². The molecule has 1 amide bonds. The number of sulfone groups is 1. The number of hydrogen-bond acceptors (Lipinski definition) is 4. The maximum atomic E-state index is 12.7. The molecule has 140 valence electrons. The van der Waals surface area contributed by atoms with Crippen LogP contribution < -0.4 is 5.32 Å². The minimum absolute atomic E-state index is 0.265. The second-order valence-corrected chi connectivity index (χ2v) is 9.39. The van der Waals surface area contributed by atoms with Crippen molar-refractivity contribution in [1.82, 2.24) is 0 Å². The first-order chi connectivity index (χ1) is 11.8. The lowest BCUT2D eigenvalue weighted by molar-refractivity contribution is -0.126. The summed E-state index contributed by atoms with van der Waals surface area (Å²) in [5.41, 5.74) is 0.489. The maximum absolute atomic E-state index is 12.7. The normalized spacial score (nSPS) is 17.0. The van der Waals surface area contributed by atoms with Gasteiger partial charge in [0.1, 0.15) is 6.10 Å². The summed E-state index contributed by atoms with van der Waals surface area (Å²) in [5, 5.41) is 2.46. The van der Waals surface area contributed by atoms with Crippen LogP contribution in [0.4, 0.5) is 5.69 Å². The van der Waals surface area contributed by atoms with E-state index >= 15 is 0 Å². The molecule has 1 aliphatic rings. The molecule has 1 atom stereocenters. The Labute approximate surface area is 151 Å². The Morgan fingerprint density at radius 3 is 2.56 bits per heavy atom. The summed E-state index contributed by atoms with van der Waals surface area (Å²) in [7, 11) is -3.32. The molecule has 5 nitrogen and oxygen atoms in total. The Hall–Kier alpha value is -1.40. The number of hydrogen-bond donors (Lipinski definition) is 1. The summed E-state index contributed by atoms with van der Waals surface area (Å²) in [6.45, 7) is 6.44. The van der Waals surface area contributed by atoms with Crippen molar-refractivity contribution in [3.05, 3.63) is 24.3 Å². The van der Waals surface area contributed by atoms with Crippen molar-refractivity contribution in [2.24, 2.45) is 5.92 Å². The topological polar surface area (TPSA) is 72.5 Å². The van der Waals surface area contributed by atoms with E-state index in [0.717, 1.165) is 32.1 Å². The fourth-order valence-corrected chi connectivity index (χ4v) is 4.84. The molecule has 0 radical (unpaired) electrons. The van der Waals surface area contributed by atoms with E-state index in [0.29, 0.717) is 18.2 Å². The molecule has 0 aliphatic heterocycles. The molecule has 0 bridgehead atoms. The first-order valence-electron chi connectivity index (χ1n) is 9.07. The molecule has 1 saturated carbocycles. The van der Waals surface area contributed by atoms with Crippen LogP contribution in [0.15, 0.2) is 29.2 Å². The Bertz CT molecular complexity index is 678. The molecule has 0 spiro atoms. The van der Waals surface area contributed by atoms with Gasteiger partial charge in [-0.2, -0.15) is 0 Å². The fourth-order valence-electron chi connectivity index (χ4n) is 2.94. The van der Waals surface area contributed by atoms with Crippen molar-refractivity contribution >= 4 is 21.4 Å². The van der Waals surface area contributed by atoms with E-state index in [2.05, 4.69) is 19.2 Å². The lowest BCUT2D eigenvalue weighted by Crippen LogP contribution is -2.28. The molecule has 0 saturated heterocycles. The summed E-state index contributed by atoms with van der Waals surface area (Å²) in [5.74, 6) is 0.256.